The molecule has 2 heterocycles. The molecule has 0 unspecified atom stereocenters. The zero-order chi connectivity index (χ0) is 15.2. The van der Waals surface area contributed by atoms with E-state index in [2.05, 4.69) is 30.3 Å². The van der Waals surface area contributed by atoms with Crippen LogP contribution in [0, 0.1) is 0 Å². The summed E-state index contributed by atoms with van der Waals surface area (Å²) < 4.78 is 0. The minimum atomic E-state index is 0.149. The van der Waals surface area contributed by atoms with Gasteiger partial charge in [-0.25, -0.2) is 4.79 Å². The monoisotopic (exact) mass is 313 g/mol. The zero-order valence-corrected chi connectivity index (χ0v) is 14.6. The number of nitrogens with one attached hydrogen (secondary N) is 1. The zero-order valence-electron chi connectivity index (χ0n) is 13.8. The largest absolute Gasteiger partial charge is 0.338 e. The maximum Gasteiger partial charge on any atom is 0.317 e. The minimum absolute atomic E-state index is 0.149. The molecule has 4 nitrogen and oxygen atoms in total. The van der Waals surface area contributed by atoms with E-state index in [4.69, 9.17) is 0 Å². The van der Waals surface area contributed by atoms with Crippen LogP contribution in [0.2, 0.25) is 0 Å². The van der Waals surface area contributed by atoms with E-state index < -0.39 is 0 Å². The summed E-state index contributed by atoms with van der Waals surface area (Å²) in [6.45, 7) is 7.21. The smallest absolute Gasteiger partial charge is 0.317 e. The number of hydrogen-bond acceptors (Lipinski definition) is 3. The lowest BCUT2D eigenvalue weighted by atomic mass is 10.1. The third-order valence-corrected chi connectivity index (χ3v) is 5.47. The Kier molecular flexibility index (Phi) is 6.68. The highest BCUT2D eigenvalue weighted by molar-refractivity contribution is 7.98. The van der Waals surface area contributed by atoms with Gasteiger partial charge < -0.3 is 10.2 Å². The number of rotatable bonds is 6. The highest BCUT2D eigenvalue weighted by Gasteiger charge is 2.39. The summed E-state index contributed by atoms with van der Waals surface area (Å²) in [7, 11) is 0. The van der Waals surface area contributed by atoms with Crippen LogP contribution >= 0.6 is 11.8 Å². The Morgan fingerprint density at radius 1 is 1.24 bits per heavy atom. The van der Waals surface area contributed by atoms with Gasteiger partial charge in [-0.3, -0.25) is 4.90 Å². The average Bonchev–Trinajstić information content (AvgIpc) is 2.73. The van der Waals surface area contributed by atoms with Crippen LogP contribution in [0.5, 0.6) is 0 Å². The molecule has 2 fully saturated rings. The predicted molar refractivity (Wildman–Crippen MR) is 91.0 cm³/mol. The molecule has 0 saturated carbocycles. The molecule has 0 aromatic rings. The quantitative estimate of drug-likeness (QED) is 0.766. The van der Waals surface area contributed by atoms with Crippen molar-refractivity contribution in [3.63, 3.8) is 0 Å². The van der Waals surface area contributed by atoms with Crippen molar-refractivity contribution in [1.29, 1.82) is 0 Å². The number of hydrogen-bond donors (Lipinski definition) is 1. The van der Waals surface area contributed by atoms with Gasteiger partial charge in [-0.1, -0.05) is 0 Å². The molecule has 1 N–H and O–H groups in total. The molecule has 122 valence electrons. The van der Waals surface area contributed by atoms with Crippen LogP contribution in [0.3, 0.4) is 0 Å². The second kappa shape index (κ2) is 8.28. The first-order valence-electron chi connectivity index (χ1n) is 8.42. The van der Waals surface area contributed by atoms with Gasteiger partial charge >= 0.3 is 6.03 Å². The van der Waals surface area contributed by atoms with E-state index in [9.17, 15) is 4.79 Å². The Balaban J connectivity index is 1.78. The predicted octanol–water partition coefficient (Wildman–Crippen LogP) is 2.79. The molecule has 2 amide bonds. The molecule has 2 aliphatic rings. The SMILES string of the molecule is CSCCCCNC(=O)N1CC[C@H]2CC[C@@H](C1)N2C(C)C. The van der Waals surface area contributed by atoms with Crippen molar-refractivity contribution >= 4 is 17.8 Å². The number of likely N-dealkylation sites (tertiary alicyclic amines) is 1. The molecule has 0 aromatic heterocycles. The number of urea groups is 1. The molecule has 2 rings (SSSR count). The lowest BCUT2D eigenvalue weighted by molar-refractivity contribution is 0.147. The maximum atomic E-state index is 12.3. The van der Waals surface area contributed by atoms with Crippen LogP contribution in [0.4, 0.5) is 4.79 Å². The molecule has 0 aromatic carbocycles. The normalized spacial score (nSPS) is 26.2. The number of nitrogens with zero attached hydrogens (tertiary/aromatic N) is 2. The summed E-state index contributed by atoms with van der Waals surface area (Å²) in [4.78, 5) is 17.0. The van der Waals surface area contributed by atoms with Crippen LogP contribution in [0.1, 0.15) is 46.0 Å². The summed E-state index contributed by atoms with van der Waals surface area (Å²) in [6, 6.07) is 2.00. The summed E-state index contributed by atoms with van der Waals surface area (Å²) in [5, 5.41) is 3.10. The summed E-state index contributed by atoms with van der Waals surface area (Å²) in [5.41, 5.74) is 0. The van der Waals surface area contributed by atoms with Crippen molar-refractivity contribution in [3.05, 3.63) is 0 Å². The van der Waals surface area contributed by atoms with Crippen LogP contribution in [-0.4, -0.2) is 65.6 Å². The fraction of sp³-hybridized carbons (Fsp3) is 0.938. The van der Waals surface area contributed by atoms with Gasteiger partial charge in [0.25, 0.3) is 0 Å². The molecular weight excluding hydrogens is 282 g/mol. The van der Waals surface area contributed by atoms with Crippen molar-refractivity contribution in [2.24, 2.45) is 0 Å². The second-order valence-corrected chi connectivity index (χ2v) is 7.58. The number of carbonyl (C=O) groups excluding carboxylic acids is 1. The molecule has 2 saturated heterocycles. The first-order chi connectivity index (χ1) is 10.1. The van der Waals surface area contributed by atoms with E-state index in [0.29, 0.717) is 18.1 Å². The fourth-order valence-corrected chi connectivity index (χ4v) is 4.31. The van der Waals surface area contributed by atoms with E-state index in [1.54, 1.807) is 0 Å². The number of unbranched alkanes of at least 4 members (excludes halogenated alkanes) is 1. The van der Waals surface area contributed by atoms with Gasteiger partial charge in [0.1, 0.15) is 0 Å². The summed E-state index contributed by atoms with van der Waals surface area (Å²) >= 11 is 1.87. The second-order valence-electron chi connectivity index (χ2n) is 6.59. The molecule has 5 heteroatoms. The van der Waals surface area contributed by atoms with Gasteiger partial charge in [0.05, 0.1) is 0 Å². The van der Waals surface area contributed by atoms with Gasteiger partial charge in [-0.05, 0) is 58.0 Å². The number of fused-ring (bicyclic) bond motifs is 2. The van der Waals surface area contributed by atoms with Crippen molar-refractivity contribution < 1.29 is 4.79 Å². The lowest BCUT2D eigenvalue weighted by Crippen LogP contribution is -2.46. The first-order valence-corrected chi connectivity index (χ1v) is 9.82. The minimum Gasteiger partial charge on any atom is -0.338 e. The molecule has 21 heavy (non-hydrogen) atoms. The third kappa shape index (κ3) is 4.52. The molecule has 2 aliphatic heterocycles. The average molecular weight is 314 g/mol. The molecular formula is C16H31N3OS. The van der Waals surface area contributed by atoms with Gasteiger partial charge in [0.2, 0.25) is 0 Å². The summed E-state index contributed by atoms with van der Waals surface area (Å²) in [5.74, 6) is 1.19. The van der Waals surface area contributed by atoms with Crippen LogP contribution in [0.25, 0.3) is 0 Å². The molecule has 2 atom stereocenters. The first kappa shape index (κ1) is 16.9. The van der Waals surface area contributed by atoms with E-state index in [1.165, 1.54) is 25.0 Å². The third-order valence-electron chi connectivity index (χ3n) is 4.77. The van der Waals surface area contributed by atoms with Gasteiger partial charge in [0, 0.05) is 37.8 Å². The Morgan fingerprint density at radius 2 is 2.00 bits per heavy atom. The molecule has 2 bridgehead atoms. The van der Waals surface area contributed by atoms with Gasteiger partial charge in [-0.2, -0.15) is 11.8 Å². The van der Waals surface area contributed by atoms with E-state index in [1.807, 2.05) is 16.7 Å². The van der Waals surface area contributed by atoms with Crippen LogP contribution in [0.15, 0.2) is 0 Å². The van der Waals surface area contributed by atoms with Crippen molar-refractivity contribution in [1.82, 2.24) is 15.1 Å². The maximum absolute atomic E-state index is 12.3. The van der Waals surface area contributed by atoms with E-state index in [0.717, 1.165) is 32.5 Å². The summed E-state index contributed by atoms with van der Waals surface area (Å²) in [6.07, 6.45) is 8.10. The Morgan fingerprint density at radius 3 is 2.71 bits per heavy atom. The van der Waals surface area contributed by atoms with Crippen molar-refractivity contribution in [2.75, 3.05) is 31.6 Å². The highest BCUT2D eigenvalue weighted by Crippen LogP contribution is 2.31. The van der Waals surface area contributed by atoms with Crippen LogP contribution in [-0.2, 0) is 0 Å². The van der Waals surface area contributed by atoms with Crippen molar-refractivity contribution in [2.45, 2.75) is 64.1 Å². The number of carbonyl (C=O) groups is 1. The highest BCUT2D eigenvalue weighted by atomic mass is 32.2. The fourth-order valence-electron chi connectivity index (χ4n) is 3.82. The van der Waals surface area contributed by atoms with Crippen molar-refractivity contribution in [3.8, 4) is 0 Å². The topological polar surface area (TPSA) is 35.6 Å². The Labute approximate surface area is 134 Å². The number of amides is 2. The Bertz CT molecular complexity index is 337. The van der Waals surface area contributed by atoms with Gasteiger partial charge in [-0.15, -0.1) is 0 Å². The molecule has 0 aliphatic carbocycles. The van der Waals surface area contributed by atoms with Gasteiger partial charge in [0.15, 0.2) is 0 Å². The Hall–Kier alpha value is -0.420. The van der Waals surface area contributed by atoms with E-state index in [-0.39, 0.29) is 6.03 Å². The molecule has 0 spiro atoms. The van der Waals surface area contributed by atoms with Crippen LogP contribution < -0.4 is 5.32 Å². The standard InChI is InChI=1S/C16H31N3OS/c1-13(2)19-14-6-7-15(19)12-18(10-8-14)16(20)17-9-4-5-11-21-3/h13-15H,4-12H2,1-3H3,(H,17,20)/t14-,15+/m1/s1. The van der Waals surface area contributed by atoms with E-state index >= 15 is 0 Å². The lowest BCUT2D eigenvalue weighted by Gasteiger charge is -2.32. The number of thioether (sulfide) groups is 1. The molecule has 0 radical (unpaired) electrons.